The number of hydrogen-bond acceptors (Lipinski definition) is 4. The van der Waals surface area contributed by atoms with Crippen LogP contribution in [0.2, 0.25) is 0 Å². The van der Waals surface area contributed by atoms with Crippen LogP contribution in [-0.4, -0.2) is 26.0 Å². The van der Waals surface area contributed by atoms with Crippen molar-refractivity contribution in [1.82, 2.24) is 9.71 Å². The molecule has 1 aliphatic carbocycles. The lowest BCUT2D eigenvalue weighted by atomic mass is 10.4. The van der Waals surface area contributed by atoms with Crippen LogP contribution in [0, 0.1) is 0 Å². The van der Waals surface area contributed by atoms with Gasteiger partial charge in [-0.15, -0.1) is 0 Å². The summed E-state index contributed by atoms with van der Waals surface area (Å²) < 4.78 is 27.1. The molecular weight excluding hydrogens is 306 g/mol. The van der Waals surface area contributed by atoms with Crippen molar-refractivity contribution in [3.05, 3.63) is 16.7 Å². The molecule has 0 aliphatic heterocycles. The molecule has 1 aromatic rings. The summed E-state index contributed by atoms with van der Waals surface area (Å²) in [6.07, 6.45) is 3.73. The Labute approximate surface area is 109 Å². The number of nitrogens with zero attached hydrogens (tertiary/aromatic N) is 1. The summed E-state index contributed by atoms with van der Waals surface area (Å²) in [7, 11) is -3.49. The molecule has 0 atom stereocenters. The SMILES string of the molecule is CCNS(=O)(=O)c1cc(Br)cnc1NC1CC1. The molecule has 1 aliphatic rings. The van der Waals surface area contributed by atoms with E-state index in [2.05, 4.69) is 31.0 Å². The summed E-state index contributed by atoms with van der Waals surface area (Å²) in [4.78, 5) is 4.32. The molecule has 1 fully saturated rings. The lowest BCUT2D eigenvalue weighted by Gasteiger charge is -2.11. The molecule has 1 heterocycles. The third-order valence-electron chi connectivity index (χ3n) is 2.36. The third kappa shape index (κ3) is 3.17. The third-order valence-corrected chi connectivity index (χ3v) is 4.35. The van der Waals surface area contributed by atoms with Crippen LogP contribution >= 0.6 is 15.9 Å². The molecule has 1 saturated carbocycles. The summed E-state index contributed by atoms with van der Waals surface area (Å²) in [5.74, 6) is 0.427. The Hall–Kier alpha value is -0.660. The Kier molecular flexibility index (Phi) is 3.70. The molecule has 1 aromatic heterocycles. The molecule has 0 radical (unpaired) electrons. The number of rotatable bonds is 5. The first-order chi connectivity index (χ1) is 8.03. The maximum Gasteiger partial charge on any atom is 0.244 e. The van der Waals surface area contributed by atoms with Gasteiger partial charge in [0.1, 0.15) is 10.7 Å². The second kappa shape index (κ2) is 4.91. The fraction of sp³-hybridized carbons (Fsp3) is 0.500. The van der Waals surface area contributed by atoms with Gasteiger partial charge in [0.15, 0.2) is 0 Å². The molecule has 94 valence electrons. The van der Waals surface area contributed by atoms with Gasteiger partial charge < -0.3 is 5.32 Å². The molecule has 0 bridgehead atoms. The van der Waals surface area contributed by atoms with Gasteiger partial charge in [-0.2, -0.15) is 0 Å². The Morgan fingerprint density at radius 1 is 1.53 bits per heavy atom. The van der Waals surface area contributed by atoms with E-state index in [0.717, 1.165) is 12.8 Å². The summed E-state index contributed by atoms with van der Waals surface area (Å²) in [6.45, 7) is 2.11. The van der Waals surface area contributed by atoms with E-state index in [-0.39, 0.29) is 4.90 Å². The molecule has 2 rings (SSSR count). The minimum Gasteiger partial charge on any atom is -0.366 e. The Morgan fingerprint density at radius 2 is 2.24 bits per heavy atom. The van der Waals surface area contributed by atoms with Crippen molar-refractivity contribution in [2.24, 2.45) is 0 Å². The smallest absolute Gasteiger partial charge is 0.244 e. The quantitative estimate of drug-likeness (QED) is 0.866. The first-order valence-electron chi connectivity index (χ1n) is 5.44. The number of nitrogens with one attached hydrogen (secondary N) is 2. The average molecular weight is 320 g/mol. The summed E-state index contributed by atoms with van der Waals surface area (Å²) in [5, 5.41) is 3.13. The molecule has 2 N–H and O–H groups in total. The van der Waals surface area contributed by atoms with Gasteiger partial charge in [-0.1, -0.05) is 6.92 Å². The highest BCUT2D eigenvalue weighted by molar-refractivity contribution is 9.10. The normalized spacial score (nSPS) is 15.9. The number of aromatic nitrogens is 1. The highest BCUT2D eigenvalue weighted by atomic mass is 79.9. The first kappa shape index (κ1) is 12.8. The molecule has 5 nitrogen and oxygen atoms in total. The molecular formula is C10H14BrN3O2S. The molecule has 0 unspecified atom stereocenters. The first-order valence-corrected chi connectivity index (χ1v) is 7.72. The molecule has 7 heteroatoms. The van der Waals surface area contributed by atoms with Crippen LogP contribution in [0.3, 0.4) is 0 Å². The zero-order valence-corrected chi connectivity index (χ0v) is 11.8. The predicted octanol–water partition coefficient (Wildman–Crippen LogP) is 1.72. The second-order valence-corrected chi connectivity index (χ2v) is 6.57. The van der Waals surface area contributed by atoms with E-state index in [0.29, 0.717) is 22.9 Å². The van der Waals surface area contributed by atoms with Crippen LogP contribution in [0.15, 0.2) is 21.6 Å². The summed E-state index contributed by atoms with van der Waals surface area (Å²) >= 11 is 3.24. The average Bonchev–Trinajstić information content (AvgIpc) is 3.04. The fourth-order valence-corrected chi connectivity index (χ4v) is 3.09. The summed E-state index contributed by atoms with van der Waals surface area (Å²) in [5.41, 5.74) is 0. The van der Waals surface area contributed by atoms with Crippen molar-refractivity contribution in [1.29, 1.82) is 0 Å². The van der Waals surface area contributed by atoms with Crippen molar-refractivity contribution in [3.63, 3.8) is 0 Å². The molecule has 0 spiro atoms. The zero-order chi connectivity index (χ0) is 12.5. The van der Waals surface area contributed by atoms with Crippen LogP contribution < -0.4 is 10.0 Å². The minimum atomic E-state index is -3.49. The van der Waals surface area contributed by atoms with E-state index in [1.54, 1.807) is 19.2 Å². The number of anilines is 1. The zero-order valence-electron chi connectivity index (χ0n) is 9.40. The number of hydrogen-bond donors (Lipinski definition) is 2. The van der Waals surface area contributed by atoms with E-state index < -0.39 is 10.0 Å². The van der Waals surface area contributed by atoms with Crippen molar-refractivity contribution in [3.8, 4) is 0 Å². The maximum absolute atomic E-state index is 12.0. The summed E-state index contributed by atoms with van der Waals surface area (Å²) in [6, 6.07) is 1.93. The highest BCUT2D eigenvalue weighted by Gasteiger charge is 2.26. The van der Waals surface area contributed by atoms with Gasteiger partial charge in [0.05, 0.1) is 0 Å². The van der Waals surface area contributed by atoms with Crippen LogP contribution in [0.5, 0.6) is 0 Å². The number of sulfonamides is 1. The Bertz CT molecular complexity index is 514. The van der Waals surface area contributed by atoms with Gasteiger partial charge in [-0.3, -0.25) is 0 Å². The monoisotopic (exact) mass is 319 g/mol. The minimum absolute atomic E-state index is 0.195. The van der Waals surface area contributed by atoms with E-state index in [4.69, 9.17) is 0 Å². The van der Waals surface area contributed by atoms with Gasteiger partial charge in [-0.25, -0.2) is 18.1 Å². The standard InChI is InChI=1S/C10H14BrN3O2S/c1-2-13-17(15,16)9-5-7(11)6-12-10(9)14-8-3-4-8/h5-6,8,13H,2-4H2,1H3,(H,12,14). The largest absolute Gasteiger partial charge is 0.366 e. The van der Waals surface area contributed by atoms with Gasteiger partial charge in [-0.05, 0) is 34.8 Å². The Morgan fingerprint density at radius 3 is 2.82 bits per heavy atom. The van der Waals surface area contributed by atoms with Gasteiger partial charge in [0.25, 0.3) is 0 Å². The molecule has 0 saturated heterocycles. The second-order valence-electron chi connectivity index (χ2n) is 3.92. The lowest BCUT2D eigenvalue weighted by molar-refractivity contribution is 0.583. The molecule has 0 amide bonds. The van der Waals surface area contributed by atoms with E-state index in [1.807, 2.05) is 0 Å². The Balaban J connectivity index is 2.38. The van der Waals surface area contributed by atoms with Crippen molar-refractivity contribution in [2.45, 2.75) is 30.7 Å². The topological polar surface area (TPSA) is 71.1 Å². The number of halogens is 1. The highest BCUT2D eigenvalue weighted by Crippen LogP contribution is 2.28. The predicted molar refractivity (Wildman–Crippen MR) is 69.4 cm³/mol. The van der Waals surface area contributed by atoms with Crippen molar-refractivity contribution in [2.75, 3.05) is 11.9 Å². The van der Waals surface area contributed by atoms with Crippen LogP contribution in [-0.2, 0) is 10.0 Å². The number of pyridine rings is 1. The van der Waals surface area contributed by atoms with Crippen LogP contribution in [0.1, 0.15) is 19.8 Å². The van der Waals surface area contributed by atoms with Crippen molar-refractivity contribution < 1.29 is 8.42 Å². The lowest BCUT2D eigenvalue weighted by Crippen LogP contribution is -2.24. The van der Waals surface area contributed by atoms with Crippen LogP contribution in [0.4, 0.5) is 5.82 Å². The fourth-order valence-electron chi connectivity index (χ4n) is 1.42. The maximum atomic E-state index is 12.0. The van der Waals surface area contributed by atoms with Gasteiger partial charge in [0.2, 0.25) is 10.0 Å². The van der Waals surface area contributed by atoms with E-state index in [1.165, 1.54) is 0 Å². The van der Waals surface area contributed by atoms with Crippen LogP contribution in [0.25, 0.3) is 0 Å². The van der Waals surface area contributed by atoms with E-state index >= 15 is 0 Å². The molecule has 0 aromatic carbocycles. The molecule has 17 heavy (non-hydrogen) atoms. The van der Waals surface area contributed by atoms with Gasteiger partial charge in [0, 0.05) is 23.3 Å². The van der Waals surface area contributed by atoms with Gasteiger partial charge >= 0.3 is 0 Å². The van der Waals surface area contributed by atoms with Crippen molar-refractivity contribution >= 4 is 31.8 Å². The van der Waals surface area contributed by atoms with E-state index in [9.17, 15) is 8.42 Å².